The van der Waals surface area contributed by atoms with Crippen LogP contribution in [-0.2, 0) is 0 Å². The maximum Gasteiger partial charge on any atom is 0.169 e. The molecule has 1 aromatic carbocycles. The highest BCUT2D eigenvalue weighted by molar-refractivity contribution is 7.17. The molecule has 0 amide bonds. The zero-order chi connectivity index (χ0) is 13.6. The maximum atomic E-state index is 11.4. The summed E-state index contributed by atoms with van der Waals surface area (Å²) in [6.07, 6.45) is 0. The summed E-state index contributed by atoms with van der Waals surface area (Å²) in [5.74, 6) is 0.0361. The first-order chi connectivity index (χ1) is 9.08. The molecule has 3 aromatic rings. The molecule has 0 aliphatic heterocycles. The molecule has 3 nitrogen and oxygen atoms in total. The van der Waals surface area contributed by atoms with Crippen molar-refractivity contribution in [3.05, 3.63) is 33.1 Å². The minimum Gasteiger partial charge on any atom is -0.294 e. The Morgan fingerprint density at radius 1 is 1.16 bits per heavy atom. The molecule has 0 spiro atoms. The van der Waals surface area contributed by atoms with E-state index in [4.69, 9.17) is 23.2 Å². The van der Waals surface area contributed by atoms with Crippen molar-refractivity contribution in [2.75, 3.05) is 0 Å². The molecule has 0 aliphatic rings. The number of carbonyl (C=O) groups is 1. The fourth-order valence-electron chi connectivity index (χ4n) is 1.77. The van der Waals surface area contributed by atoms with Crippen LogP contribution in [0, 0.1) is 0 Å². The van der Waals surface area contributed by atoms with E-state index in [1.165, 1.54) is 11.3 Å². The standard InChI is InChI=1S/C12H6Cl2N2OS2/c1-5(17)8-2-3-9(18-8)10-6(13)4-7(14)11-12(10)16-19-15-11/h2-4H,1H3. The zero-order valence-electron chi connectivity index (χ0n) is 9.61. The molecule has 2 heterocycles. The number of hydrogen-bond acceptors (Lipinski definition) is 5. The van der Waals surface area contributed by atoms with Crippen LogP contribution in [0.5, 0.6) is 0 Å². The lowest BCUT2D eigenvalue weighted by molar-refractivity contribution is 0.102. The Balaban J connectivity index is 2.29. The van der Waals surface area contributed by atoms with E-state index >= 15 is 0 Å². The zero-order valence-corrected chi connectivity index (χ0v) is 12.8. The van der Waals surface area contributed by atoms with Gasteiger partial charge in [0.2, 0.25) is 0 Å². The average molecular weight is 329 g/mol. The second kappa shape index (κ2) is 4.83. The van der Waals surface area contributed by atoms with Crippen LogP contribution < -0.4 is 0 Å². The molecule has 0 bridgehead atoms. The summed E-state index contributed by atoms with van der Waals surface area (Å²) in [6, 6.07) is 5.32. The number of hydrogen-bond donors (Lipinski definition) is 0. The Labute approximate surface area is 127 Å². The maximum absolute atomic E-state index is 11.4. The molecule has 96 valence electrons. The number of ketones is 1. The predicted octanol–water partition coefficient (Wildman–Crippen LogP) is 4.93. The van der Waals surface area contributed by atoms with Crippen molar-refractivity contribution in [2.45, 2.75) is 6.92 Å². The second-order valence-corrected chi connectivity index (χ2v) is 6.32. The number of thiophene rings is 1. The molecule has 0 fully saturated rings. The Morgan fingerprint density at radius 3 is 2.58 bits per heavy atom. The van der Waals surface area contributed by atoms with Crippen molar-refractivity contribution < 1.29 is 4.79 Å². The number of aromatic nitrogens is 2. The molecule has 2 aromatic heterocycles. The van der Waals surface area contributed by atoms with Gasteiger partial charge in [-0.3, -0.25) is 4.79 Å². The van der Waals surface area contributed by atoms with E-state index in [-0.39, 0.29) is 5.78 Å². The van der Waals surface area contributed by atoms with Gasteiger partial charge >= 0.3 is 0 Å². The molecule has 0 aliphatic carbocycles. The lowest BCUT2D eigenvalue weighted by atomic mass is 10.1. The van der Waals surface area contributed by atoms with E-state index < -0.39 is 0 Å². The fourth-order valence-corrected chi connectivity index (χ4v) is 4.00. The highest BCUT2D eigenvalue weighted by Crippen LogP contribution is 2.40. The lowest BCUT2D eigenvalue weighted by Crippen LogP contribution is -1.84. The summed E-state index contributed by atoms with van der Waals surface area (Å²) in [5, 5.41) is 1.00. The van der Waals surface area contributed by atoms with Crippen molar-refractivity contribution in [1.82, 2.24) is 8.75 Å². The highest BCUT2D eigenvalue weighted by atomic mass is 35.5. The molecule has 0 radical (unpaired) electrons. The van der Waals surface area contributed by atoms with Gasteiger partial charge in [-0.05, 0) is 25.1 Å². The van der Waals surface area contributed by atoms with Crippen LogP contribution in [0.4, 0.5) is 0 Å². The quantitative estimate of drug-likeness (QED) is 0.626. The summed E-state index contributed by atoms with van der Waals surface area (Å²) in [4.78, 5) is 13.0. The minimum absolute atomic E-state index is 0.0361. The van der Waals surface area contributed by atoms with Gasteiger partial charge in [-0.25, -0.2) is 0 Å². The fraction of sp³-hybridized carbons (Fsp3) is 0.0833. The van der Waals surface area contributed by atoms with Crippen LogP contribution in [0.25, 0.3) is 21.5 Å². The minimum atomic E-state index is 0.0361. The molecule has 0 saturated carbocycles. The van der Waals surface area contributed by atoms with Crippen LogP contribution in [0.2, 0.25) is 10.0 Å². The summed E-state index contributed by atoms with van der Waals surface area (Å²) in [6.45, 7) is 1.54. The molecular weight excluding hydrogens is 323 g/mol. The van der Waals surface area contributed by atoms with Gasteiger partial charge in [-0.15, -0.1) is 11.3 Å². The first kappa shape index (κ1) is 13.0. The largest absolute Gasteiger partial charge is 0.294 e. The van der Waals surface area contributed by atoms with Gasteiger partial charge in [0.1, 0.15) is 11.0 Å². The van der Waals surface area contributed by atoms with E-state index in [1.807, 2.05) is 6.07 Å². The Bertz CT molecular complexity index is 794. The Kier molecular flexibility index (Phi) is 3.30. The Hall–Kier alpha value is -1.01. The Morgan fingerprint density at radius 2 is 1.89 bits per heavy atom. The van der Waals surface area contributed by atoms with Crippen molar-refractivity contribution in [3.8, 4) is 10.4 Å². The van der Waals surface area contributed by atoms with Crippen molar-refractivity contribution >= 4 is 63.1 Å². The van der Waals surface area contributed by atoms with Crippen LogP contribution in [-0.4, -0.2) is 14.5 Å². The third kappa shape index (κ3) is 2.17. The van der Waals surface area contributed by atoms with Gasteiger partial charge in [-0.2, -0.15) is 8.75 Å². The number of fused-ring (bicyclic) bond motifs is 1. The smallest absolute Gasteiger partial charge is 0.169 e. The summed E-state index contributed by atoms with van der Waals surface area (Å²) >= 11 is 14.8. The van der Waals surface area contributed by atoms with E-state index in [0.29, 0.717) is 26.0 Å². The van der Waals surface area contributed by atoms with Crippen LogP contribution in [0.15, 0.2) is 18.2 Å². The second-order valence-electron chi connectivity index (χ2n) is 3.90. The summed E-state index contributed by atoms with van der Waals surface area (Å²) in [5.41, 5.74) is 2.11. The van der Waals surface area contributed by atoms with Gasteiger partial charge in [0.15, 0.2) is 5.78 Å². The average Bonchev–Trinajstić information content (AvgIpc) is 2.97. The summed E-state index contributed by atoms with van der Waals surface area (Å²) in [7, 11) is 0. The van der Waals surface area contributed by atoms with Crippen LogP contribution in [0.1, 0.15) is 16.6 Å². The molecule has 3 rings (SSSR count). The summed E-state index contributed by atoms with van der Waals surface area (Å²) < 4.78 is 8.42. The number of Topliss-reactive ketones (excluding diaryl/α,β-unsaturated/α-hetero) is 1. The first-order valence-electron chi connectivity index (χ1n) is 5.29. The monoisotopic (exact) mass is 328 g/mol. The predicted molar refractivity (Wildman–Crippen MR) is 80.8 cm³/mol. The van der Waals surface area contributed by atoms with E-state index in [2.05, 4.69) is 8.75 Å². The van der Waals surface area contributed by atoms with Crippen LogP contribution >= 0.6 is 46.3 Å². The van der Waals surface area contributed by atoms with Gasteiger partial charge in [0, 0.05) is 10.4 Å². The molecular formula is C12H6Cl2N2OS2. The number of halogens is 2. The molecule has 0 N–H and O–H groups in total. The van der Waals surface area contributed by atoms with E-state index in [1.54, 1.807) is 19.1 Å². The number of rotatable bonds is 2. The van der Waals surface area contributed by atoms with Gasteiger partial charge in [0.05, 0.1) is 26.7 Å². The molecule has 0 unspecified atom stereocenters. The number of benzene rings is 1. The van der Waals surface area contributed by atoms with Crippen LogP contribution in [0.3, 0.4) is 0 Å². The van der Waals surface area contributed by atoms with Gasteiger partial charge in [0.25, 0.3) is 0 Å². The molecule has 19 heavy (non-hydrogen) atoms. The normalized spacial score (nSPS) is 11.1. The van der Waals surface area contributed by atoms with Gasteiger partial charge < -0.3 is 0 Å². The SMILES string of the molecule is CC(=O)c1ccc(-c2c(Cl)cc(Cl)c3nsnc23)s1. The topological polar surface area (TPSA) is 42.9 Å². The van der Waals surface area contributed by atoms with Gasteiger partial charge in [-0.1, -0.05) is 23.2 Å². The van der Waals surface area contributed by atoms with Crippen molar-refractivity contribution in [2.24, 2.45) is 0 Å². The number of nitrogens with zero attached hydrogens (tertiary/aromatic N) is 2. The third-order valence-electron chi connectivity index (χ3n) is 2.64. The molecule has 7 heteroatoms. The van der Waals surface area contributed by atoms with Crippen molar-refractivity contribution in [1.29, 1.82) is 0 Å². The lowest BCUT2D eigenvalue weighted by Gasteiger charge is -2.03. The van der Waals surface area contributed by atoms with E-state index in [0.717, 1.165) is 22.2 Å². The highest BCUT2D eigenvalue weighted by Gasteiger charge is 2.17. The molecule has 0 atom stereocenters. The molecule has 0 saturated heterocycles. The van der Waals surface area contributed by atoms with Crippen molar-refractivity contribution in [3.63, 3.8) is 0 Å². The number of carbonyl (C=O) groups excluding carboxylic acids is 1. The third-order valence-corrected chi connectivity index (χ3v) is 4.96. The van der Waals surface area contributed by atoms with E-state index in [9.17, 15) is 4.79 Å². The first-order valence-corrected chi connectivity index (χ1v) is 7.59.